The van der Waals surface area contributed by atoms with E-state index in [2.05, 4.69) is 40.4 Å². The van der Waals surface area contributed by atoms with Crippen LogP contribution in [0.1, 0.15) is 200 Å². The van der Waals surface area contributed by atoms with Gasteiger partial charge in [0.05, 0.1) is 12.1 Å². The van der Waals surface area contributed by atoms with Gasteiger partial charge in [0.2, 0.25) is 23.6 Å². The average Bonchev–Trinajstić information content (AvgIpc) is 3.16. The Morgan fingerprint density at radius 2 is 0.667 bits per heavy atom. The number of unbranched alkanes of at least 4 members (excludes halogenated alkanes) is 19. The molecule has 0 unspecified atom stereocenters. The molecule has 0 aromatic carbocycles. The van der Waals surface area contributed by atoms with E-state index < -0.39 is 12.1 Å². The molecular weight excluding hydrogens is 785 g/mol. The van der Waals surface area contributed by atoms with Crippen molar-refractivity contribution in [2.45, 2.75) is 212 Å². The summed E-state index contributed by atoms with van der Waals surface area (Å²) in [6, 6.07) is -1.04. The van der Waals surface area contributed by atoms with Crippen LogP contribution >= 0.6 is 37.2 Å². The van der Waals surface area contributed by atoms with E-state index in [1.54, 1.807) is 0 Å². The number of carbonyl (C=O) groups is 4. The fraction of sp³-hybridized carbons (Fsp3) is 0.907. The maximum atomic E-state index is 12.3. The number of halogens is 3. The van der Waals surface area contributed by atoms with Gasteiger partial charge in [-0.1, -0.05) is 117 Å². The first-order valence-electron chi connectivity index (χ1n) is 22.6. The Labute approximate surface area is 368 Å². The lowest BCUT2D eigenvalue weighted by atomic mass is 10.1. The SMILES string of the molecule is CCCCCCCCCCCC(=O)NCCCC[C@H](N)C(=O)NCCCCNCCCNC(=O)[C@@H](N)CCCCNC(=O)CCCCCCCCCCC.Cl.Cl.Cl. The van der Waals surface area contributed by atoms with Crippen molar-refractivity contribution < 1.29 is 19.2 Å². The summed E-state index contributed by atoms with van der Waals surface area (Å²) >= 11 is 0. The van der Waals surface area contributed by atoms with Crippen LogP contribution in [0.25, 0.3) is 0 Å². The Morgan fingerprint density at radius 3 is 1.07 bits per heavy atom. The van der Waals surface area contributed by atoms with Crippen molar-refractivity contribution in [1.82, 2.24) is 26.6 Å². The average molecular weight is 876 g/mol. The van der Waals surface area contributed by atoms with Gasteiger partial charge >= 0.3 is 0 Å². The monoisotopic (exact) mass is 874 g/mol. The highest BCUT2D eigenvalue weighted by Gasteiger charge is 2.13. The Balaban J connectivity index is -0.00000468. The lowest BCUT2D eigenvalue weighted by Gasteiger charge is -2.13. The number of hydrogen-bond donors (Lipinski definition) is 7. The third-order valence-electron chi connectivity index (χ3n) is 10.1. The van der Waals surface area contributed by atoms with E-state index in [9.17, 15) is 19.2 Å². The minimum atomic E-state index is -0.522. The van der Waals surface area contributed by atoms with E-state index in [0.29, 0.717) is 51.9 Å². The summed E-state index contributed by atoms with van der Waals surface area (Å²) in [7, 11) is 0. The van der Waals surface area contributed by atoms with Gasteiger partial charge in [0.25, 0.3) is 0 Å². The van der Waals surface area contributed by atoms with Gasteiger partial charge < -0.3 is 38.1 Å². The second-order valence-corrected chi connectivity index (χ2v) is 15.5. The first-order chi connectivity index (χ1) is 26.3. The van der Waals surface area contributed by atoms with Gasteiger partial charge in [0, 0.05) is 39.0 Å². The fourth-order valence-electron chi connectivity index (χ4n) is 6.46. The van der Waals surface area contributed by atoms with Crippen LogP contribution in [0.3, 0.4) is 0 Å². The molecule has 57 heavy (non-hydrogen) atoms. The minimum absolute atomic E-state index is 0. The number of rotatable bonds is 41. The van der Waals surface area contributed by atoms with Crippen LogP contribution in [0.5, 0.6) is 0 Å². The Morgan fingerprint density at radius 1 is 0.368 bits per heavy atom. The number of carbonyl (C=O) groups excluding carboxylic acids is 4. The molecule has 0 bridgehead atoms. The topological polar surface area (TPSA) is 180 Å². The molecule has 0 aliphatic carbocycles. The smallest absolute Gasteiger partial charge is 0.236 e. The normalized spacial score (nSPS) is 11.6. The predicted molar refractivity (Wildman–Crippen MR) is 248 cm³/mol. The molecule has 0 heterocycles. The second kappa shape index (κ2) is 49.0. The maximum absolute atomic E-state index is 12.3. The highest BCUT2D eigenvalue weighted by molar-refractivity contribution is 5.86. The largest absolute Gasteiger partial charge is 0.356 e. The molecule has 4 amide bonds. The summed E-state index contributed by atoms with van der Waals surface area (Å²) in [6.45, 7) is 8.57. The third kappa shape index (κ3) is 45.6. The van der Waals surface area contributed by atoms with Crippen molar-refractivity contribution in [3.8, 4) is 0 Å². The number of amides is 4. The van der Waals surface area contributed by atoms with Crippen LogP contribution in [0.15, 0.2) is 0 Å². The van der Waals surface area contributed by atoms with Gasteiger partial charge in [-0.3, -0.25) is 19.2 Å². The zero-order valence-electron chi connectivity index (χ0n) is 36.4. The standard InChI is InChI=1S/C43H87N7O4.3ClH/c1-3-5-7-9-11-13-15-17-19-30-40(51)47-34-23-21-28-38(44)42(53)49-36-26-25-32-46-33-27-37-50-43(54)39(45)29-22-24-35-48-41(52)31-20-18-16-14-12-10-8-6-4-2;;;/h38-39,46H,3-37,44-45H2,1-2H3,(H,47,51)(H,48,52)(H,49,53)(H,50,54);3*1H/t38-,39-;;;/m0.../s1. The van der Waals surface area contributed by atoms with Gasteiger partial charge in [0.1, 0.15) is 0 Å². The van der Waals surface area contributed by atoms with Crippen LogP contribution < -0.4 is 38.1 Å². The first-order valence-corrected chi connectivity index (χ1v) is 22.6. The van der Waals surface area contributed by atoms with Crippen molar-refractivity contribution in [1.29, 1.82) is 0 Å². The zero-order valence-corrected chi connectivity index (χ0v) is 38.9. The Kier molecular flexibility index (Phi) is 53.5. The zero-order chi connectivity index (χ0) is 39.7. The molecule has 9 N–H and O–H groups in total. The predicted octanol–water partition coefficient (Wildman–Crippen LogP) is 8.31. The molecule has 2 atom stereocenters. The number of nitrogens with one attached hydrogen (secondary N) is 5. The number of nitrogens with two attached hydrogens (primary N) is 2. The van der Waals surface area contributed by atoms with Crippen LogP contribution in [0, 0.1) is 0 Å². The molecule has 0 aromatic rings. The molecule has 0 aromatic heterocycles. The van der Waals surface area contributed by atoms with Crippen molar-refractivity contribution in [2.75, 3.05) is 39.3 Å². The Bertz CT molecular complexity index is 839. The minimum Gasteiger partial charge on any atom is -0.356 e. The van der Waals surface area contributed by atoms with Crippen molar-refractivity contribution in [2.24, 2.45) is 11.5 Å². The molecule has 0 saturated carbocycles. The maximum Gasteiger partial charge on any atom is 0.236 e. The van der Waals surface area contributed by atoms with E-state index in [1.807, 2.05) is 0 Å². The van der Waals surface area contributed by atoms with E-state index >= 15 is 0 Å². The summed E-state index contributed by atoms with van der Waals surface area (Å²) < 4.78 is 0. The summed E-state index contributed by atoms with van der Waals surface area (Å²) in [5.41, 5.74) is 12.1. The van der Waals surface area contributed by atoms with Crippen LogP contribution in [0.2, 0.25) is 0 Å². The summed E-state index contributed by atoms with van der Waals surface area (Å²) in [5.74, 6) is 0.0189. The van der Waals surface area contributed by atoms with E-state index in [0.717, 1.165) is 83.7 Å². The van der Waals surface area contributed by atoms with Crippen molar-refractivity contribution >= 4 is 60.8 Å². The van der Waals surface area contributed by atoms with Gasteiger partial charge in [-0.2, -0.15) is 0 Å². The molecule has 0 saturated heterocycles. The highest BCUT2D eigenvalue weighted by atomic mass is 35.5. The molecule has 11 nitrogen and oxygen atoms in total. The molecule has 0 aliphatic heterocycles. The lowest BCUT2D eigenvalue weighted by Crippen LogP contribution is -2.41. The van der Waals surface area contributed by atoms with Gasteiger partial charge in [-0.25, -0.2) is 0 Å². The molecule has 0 radical (unpaired) electrons. The van der Waals surface area contributed by atoms with E-state index in [1.165, 1.54) is 89.9 Å². The van der Waals surface area contributed by atoms with E-state index in [-0.39, 0.29) is 60.8 Å². The van der Waals surface area contributed by atoms with Gasteiger partial charge in [-0.15, -0.1) is 37.2 Å². The third-order valence-corrected chi connectivity index (χ3v) is 10.1. The second-order valence-electron chi connectivity index (χ2n) is 15.5. The summed E-state index contributed by atoms with van der Waals surface area (Å²) in [5, 5.41) is 15.2. The molecular formula is C43H90Cl3N7O4. The quantitative estimate of drug-likeness (QED) is 0.0302. The van der Waals surface area contributed by atoms with Gasteiger partial charge in [-0.05, 0) is 83.7 Å². The van der Waals surface area contributed by atoms with Crippen molar-refractivity contribution in [3.63, 3.8) is 0 Å². The molecule has 0 aliphatic rings. The lowest BCUT2D eigenvalue weighted by molar-refractivity contribution is -0.123. The van der Waals surface area contributed by atoms with Crippen LogP contribution in [-0.4, -0.2) is 75.0 Å². The van der Waals surface area contributed by atoms with E-state index in [4.69, 9.17) is 11.5 Å². The molecule has 342 valence electrons. The molecule has 0 spiro atoms. The molecule has 14 heteroatoms. The highest BCUT2D eigenvalue weighted by Crippen LogP contribution is 2.12. The Hall–Kier alpha value is -1.37. The summed E-state index contributed by atoms with van der Waals surface area (Å²) in [4.78, 5) is 48.7. The van der Waals surface area contributed by atoms with Gasteiger partial charge in [0.15, 0.2) is 0 Å². The molecule has 0 fully saturated rings. The number of hydrogen-bond acceptors (Lipinski definition) is 7. The van der Waals surface area contributed by atoms with Crippen LogP contribution in [-0.2, 0) is 19.2 Å². The molecule has 0 rings (SSSR count). The summed E-state index contributed by atoms with van der Waals surface area (Å²) in [6.07, 6.45) is 30.8. The fourth-order valence-corrected chi connectivity index (χ4v) is 6.46. The van der Waals surface area contributed by atoms with Crippen LogP contribution in [0.4, 0.5) is 0 Å². The van der Waals surface area contributed by atoms with Crippen molar-refractivity contribution in [3.05, 3.63) is 0 Å². The first kappa shape index (κ1) is 62.3.